The van der Waals surface area contributed by atoms with Crippen LogP contribution in [0.2, 0.25) is 0 Å². The Bertz CT molecular complexity index is 432. The number of unbranched alkanes of at least 4 members (excludes halogenated alkanes) is 4. The molecule has 35 heavy (non-hydrogen) atoms. The van der Waals surface area contributed by atoms with E-state index >= 15 is 0 Å². The molecule has 0 N–H and O–H groups in total. The Labute approximate surface area is 215 Å². The van der Waals surface area contributed by atoms with Crippen LogP contribution in [0, 0.1) is 11.8 Å². The molecular formula is C28H56O7. The third-order valence-corrected chi connectivity index (χ3v) is 5.74. The average molecular weight is 505 g/mol. The molecule has 0 radical (unpaired) electrons. The van der Waals surface area contributed by atoms with Crippen molar-refractivity contribution in [1.29, 1.82) is 0 Å². The van der Waals surface area contributed by atoms with Gasteiger partial charge in [-0.05, 0) is 51.4 Å². The molecule has 0 aliphatic heterocycles. The highest BCUT2D eigenvalue weighted by Gasteiger charge is 2.47. The maximum atomic E-state index is 5.84. The van der Waals surface area contributed by atoms with E-state index in [1.165, 1.54) is 25.7 Å². The summed E-state index contributed by atoms with van der Waals surface area (Å²) in [6.07, 6.45) is 16.9. The molecule has 0 fully saturated rings. The minimum absolute atomic E-state index is 0.113. The number of hydrogen-bond acceptors (Lipinski definition) is 7. The molecule has 0 heterocycles. The fraction of sp³-hybridized carbons (Fsp3) is 0.929. The van der Waals surface area contributed by atoms with Crippen LogP contribution < -0.4 is 0 Å². The summed E-state index contributed by atoms with van der Waals surface area (Å²) in [5.74, 6) is -1.07. The lowest BCUT2D eigenvalue weighted by molar-refractivity contribution is -0.644. The average Bonchev–Trinajstić information content (AvgIpc) is 2.85. The van der Waals surface area contributed by atoms with Gasteiger partial charge in [0.25, 0.3) is 0 Å². The molecule has 0 spiro atoms. The minimum atomic E-state index is -1.57. The summed E-state index contributed by atoms with van der Waals surface area (Å²) in [5.41, 5.74) is 0. The molecule has 2 atom stereocenters. The lowest BCUT2D eigenvalue weighted by Crippen LogP contribution is -2.47. The zero-order valence-corrected chi connectivity index (χ0v) is 23.7. The van der Waals surface area contributed by atoms with Crippen LogP contribution in [-0.2, 0) is 34.1 Å². The van der Waals surface area contributed by atoms with Crippen LogP contribution in [0.5, 0.6) is 0 Å². The van der Waals surface area contributed by atoms with Gasteiger partial charge in [0.1, 0.15) is 0 Å². The summed E-state index contributed by atoms with van der Waals surface area (Å²) in [7, 11) is 0. The molecule has 7 heteroatoms. The first-order valence-corrected chi connectivity index (χ1v) is 14.2. The van der Waals surface area contributed by atoms with E-state index in [1.807, 2.05) is 33.8 Å². The summed E-state index contributed by atoms with van der Waals surface area (Å²) in [6.45, 7) is 14.6. The quantitative estimate of drug-likeness (QED) is 0.0365. The van der Waals surface area contributed by atoms with Crippen molar-refractivity contribution in [3.63, 3.8) is 0 Å². The van der Waals surface area contributed by atoms with Crippen molar-refractivity contribution in [2.24, 2.45) is 11.8 Å². The number of rotatable bonds is 27. The van der Waals surface area contributed by atoms with Crippen LogP contribution >= 0.6 is 0 Å². The predicted octanol–water partition coefficient (Wildman–Crippen LogP) is 8.44. The standard InChI is InChI=1S/C28H56O7/c1-7-12-14-17-26(6)19-20-27(18-15-13-16-25-29-21-8-2)28(33-30-22-9-3,34-31-23-10-4)35-32-24-11-5/h8,21,26-27H,7,9-20,22-25H2,1-6H3. The predicted molar refractivity (Wildman–Crippen MR) is 140 cm³/mol. The third-order valence-electron chi connectivity index (χ3n) is 5.74. The van der Waals surface area contributed by atoms with E-state index < -0.39 is 5.97 Å². The Kier molecular flexibility index (Phi) is 24.5. The van der Waals surface area contributed by atoms with Crippen LogP contribution in [0.1, 0.15) is 125 Å². The molecule has 0 aliphatic carbocycles. The Morgan fingerprint density at radius 2 is 1.17 bits per heavy atom. The zero-order chi connectivity index (χ0) is 26.0. The van der Waals surface area contributed by atoms with Gasteiger partial charge >= 0.3 is 5.97 Å². The van der Waals surface area contributed by atoms with Crippen LogP contribution in [0.25, 0.3) is 0 Å². The second-order valence-corrected chi connectivity index (χ2v) is 9.38. The van der Waals surface area contributed by atoms with Crippen molar-refractivity contribution in [1.82, 2.24) is 0 Å². The maximum Gasteiger partial charge on any atom is 0.368 e. The zero-order valence-electron chi connectivity index (χ0n) is 23.7. The fourth-order valence-corrected chi connectivity index (χ4v) is 3.66. The highest BCUT2D eigenvalue weighted by molar-refractivity contribution is 4.72. The Morgan fingerprint density at radius 3 is 1.69 bits per heavy atom. The Morgan fingerprint density at radius 1 is 0.600 bits per heavy atom. The molecule has 0 aromatic rings. The van der Waals surface area contributed by atoms with Crippen molar-refractivity contribution < 1.29 is 34.1 Å². The summed E-state index contributed by atoms with van der Waals surface area (Å²) in [6, 6.07) is 0. The Hall–Kier alpha value is -0.700. The molecular weight excluding hydrogens is 448 g/mol. The molecule has 0 saturated carbocycles. The highest BCUT2D eigenvalue weighted by Crippen LogP contribution is 2.36. The lowest BCUT2D eigenvalue weighted by atomic mass is 9.88. The number of hydrogen-bond donors (Lipinski definition) is 0. The second-order valence-electron chi connectivity index (χ2n) is 9.38. The molecule has 0 aromatic heterocycles. The third kappa shape index (κ3) is 18.2. The van der Waals surface area contributed by atoms with Gasteiger partial charge in [-0.1, -0.05) is 85.6 Å². The van der Waals surface area contributed by atoms with Crippen molar-refractivity contribution in [3.8, 4) is 0 Å². The normalized spacial score (nSPS) is 14.0. The smallest absolute Gasteiger partial charge is 0.368 e. The summed E-state index contributed by atoms with van der Waals surface area (Å²) in [5, 5.41) is 0. The fourth-order valence-electron chi connectivity index (χ4n) is 3.66. The molecule has 0 aromatic carbocycles. The van der Waals surface area contributed by atoms with Crippen LogP contribution in [-0.4, -0.2) is 32.4 Å². The van der Waals surface area contributed by atoms with Gasteiger partial charge in [0.05, 0.1) is 32.7 Å². The maximum absolute atomic E-state index is 5.84. The molecule has 0 rings (SSSR count). The van der Waals surface area contributed by atoms with Gasteiger partial charge < -0.3 is 4.74 Å². The minimum Gasteiger partial charge on any atom is -0.502 e. The summed E-state index contributed by atoms with van der Waals surface area (Å²) < 4.78 is 5.46. The van der Waals surface area contributed by atoms with Crippen molar-refractivity contribution in [2.45, 2.75) is 131 Å². The van der Waals surface area contributed by atoms with Crippen molar-refractivity contribution in [2.75, 3.05) is 26.4 Å². The van der Waals surface area contributed by atoms with E-state index in [0.29, 0.717) is 25.7 Å². The van der Waals surface area contributed by atoms with Gasteiger partial charge in [0.2, 0.25) is 0 Å². The van der Waals surface area contributed by atoms with Crippen LogP contribution in [0.4, 0.5) is 0 Å². The van der Waals surface area contributed by atoms with Gasteiger partial charge in [0.15, 0.2) is 0 Å². The van der Waals surface area contributed by atoms with Gasteiger partial charge in [-0.25, -0.2) is 14.7 Å². The van der Waals surface area contributed by atoms with Gasteiger partial charge in [-0.15, -0.1) is 0 Å². The lowest BCUT2D eigenvalue weighted by Gasteiger charge is -2.36. The summed E-state index contributed by atoms with van der Waals surface area (Å²) >= 11 is 0. The van der Waals surface area contributed by atoms with E-state index in [1.54, 1.807) is 6.26 Å². The van der Waals surface area contributed by atoms with E-state index in [0.717, 1.165) is 64.4 Å². The first-order chi connectivity index (χ1) is 17.1. The Balaban J connectivity index is 5.44. The molecule has 0 amide bonds. The topological polar surface area (TPSA) is 64.6 Å². The molecule has 7 nitrogen and oxygen atoms in total. The first-order valence-electron chi connectivity index (χ1n) is 14.2. The monoisotopic (exact) mass is 504 g/mol. The van der Waals surface area contributed by atoms with Crippen LogP contribution in [0.3, 0.4) is 0 Å². The second kappa shape index (κ2) is 25.0. The van der Waals surface area contributed by atoms with Crippen molar-refractivity contribution in [3.05, 3.63) is 12.3 Å². The van der Waals surface area contributed by atoms with E-state index in [9.17, 15) is 0 Å². The summed E-state index contributed by atoms with van der Waals surface area (Å²) in [4.78, 5) is 34.0. The van der Waals surface area contributed by atoms with E-state index in [2.05, 4.69) is 13.8 Å². The van der Waals surface area contributed by atoms with E-state index in [-0.39, 0.29) is 5.92 Å². The molecule has 210 valence electrons. The van der Waals surface area contributed by atoms with Gasteiger partial charge in [-0.3, -0.25) is 0 Å². The van der Waals surface area contributed by atoms with Crippen molar-refractivity contribution >= 4 is 0 Å². The molecule has 0 bridgehead atoms. The van der Waals surface area contributed by atoms with Crippen LogP contribution in [0.15, 0.2) is 12.3 Å². The highest BCUT2D eigenvalue weighted by atomic mass is 17.4. The number of allylic oxidation sites excluding steroid dienone is 1. The molecule has 2 unspecified atom stereocenters. The number of ether oxygens (including phenoxy) is 1. The van der Waals surface area contributed by atoms with Gasteiger partial charge in [0, 0.05) is 5.92 Å². The SMILES string of the molecule is CC=COCCCCCC(CCC(C)CCCCC)C(OOCCC)(OOCCC)OOCCC. The van der Waals surface area contributed by atoms with Gasteiger partial charge in [-0.2, -0.15) is 14.7 Å². The van der Waals surface area contributed by atoms with E-state index in [4.69, 9.17) is 34.1 Å². The largest absolute Gasteiger partial charge is 0.502 e. The molecule has 0 aliphatic rings. The molecule has 0 saturated heterocycles. The first kappa shape index (κ1) is 34.3.